The van der Waals surface area contributed by atoms with E-state index < -0.39 is 0 Å². The molecule has 0 bridgehead atoms. The molecule has 0 aromatic carbocycles. The fourth-order valence-electron chi connectivity index (χ4n) is 5.04. The van der Waals surface area contributed by atoms with Gasteiger partial charge in [0.05, 0.1) is 35.5 Å². The first-order valence-electron chi connectivity index (χ1n) is 12.5. The third-order valence-electron chi connectivity index (χ3n) is 7.28. The SMILES string of the molecule is N#Cc1cc2cnn(-c3cc(NC4CC4)c(-n4cc(C5CCC(CCO)CC5)nn4)cn3)c2nc1N. The number of hydrogen-bond acceptors (Lipinski definition) is 9. The Morgan fingerprint density at radius 2 is 1.97 bits per heavy atom. The van der Waals surface area contributed by atoms with Gasteiger partial charge in [-0.05, 0) is 56.9 Å². The first-order chi connectivity index (χ1) is 17.6. The topological polar surface area (TPSA) is 156 Å². The molecule has 11 nitrogen and oxygen atoms in total. The van der Waals surface area contributed by atoms with Gasteiger partial charge in [-0.25, -0.2) is 14.6 Å². The Morgan fingerprint density at radius 1 is 1.14 bits per heavy atom. The van der Waals surface area contributed by atoms with Crippen molar-refractivity contribution in [2.45, 2.75) is 56.9 Å². The van der Waals surface area contributed by atoms with Crippen LogP contribution in [-0.2, 0) is 0 Å². The zero-order valence-electron chi connectivity index (χ0n) is 19.9. The van der Waals surface area contributed by atoms with Crippen LogP contribution >= 0.6 is 0 Å². The summed E-state index contributed by atoms with van der Waals surface area (Å²) < 4.78 is 3.43. The third-order valence-corrected chi connectivity index (χ3v) is 7.28. The number of nitrogens with zero attached hydrogens (tertiary/aromatic N) is 8. The number of anilines is 2. The van der Waals surface area contributed by atoms with Crippen molar-refractivity contribution < 1.29 is 5.11 Å². The maximum absolute atomic E-state index is 9.24. The van der Waals surface area contributed by atoms with E-state index >= 15 is 0 Å². The first kappa shape index (κ1) is 22.4. The Labute approximate surface area is 208 Å². The van der Waals surface area contributed by atoms with E-state index in [9.17, 15) is 10.4 Å². The number of nitrogens with one attached hydrogen (secondary N) is 1. The molecule has 0 spiro atoms. The molecule has 2 aliphatic carbocycles. The van der Waals surface area contributed by atoms with Gasteiger partial charge in [-0.2, -0.15) is 15.0 Å². The molecule has 36 heavy (non-hydrogen) atoms. The van der Waals surface area contributed by atoms with E-state index in [0.29, 0.717) is 34.9 Å². The smallest absolute Gasteiger partial charge is 0.167 e. The highest BCUT2D eigenvalue weighted by molar-refractivity contribution is 5.80. The molecule has 2 saturated carbocycles. The number of nitrogens with two attached hydrogens (primary N) is 1. The van der Waals surface area contributed by atoms with Crippen LogP contribution in [0.3, 0.4) is 0 Å². The number of hydrogen-bond donors (Lipinski definition) is 3. The molecule has 4 heterocycles. The van der Waals surface area contributed by atoms with Gasteiger partial charge in [0.15, 0.2) is 11.5 Å². The molecule has 2 fully saturated rings. The summed E-state index contributed by atoms with van der Waals surface area (Å²) in [6, 6.07) is 6.11. The van der Waals surface area contributed by atoms with Crippen LogP contribution in [0.25, 0.3) is 22.5 Å². The van der Waals surface area contributed by atoms with Gasteiger partial charge >= 0.3 is 0 Å². The minimum atomic E-state index is 0.167. The lowest BCUT2D eigenvalue weighted by Gasteiger charge is -2.26. The van der Waals surface area contributed by atoms with Crippen molar-refractivity contribution in [1.29, 1.82) is 5.26 Å². The lowest BCUT2D eigenvalue weighted by molar-refractivity contribution is 0.221. The second kappa shape index (κ2) is 9.20. The summed E-state index contributed by atoms with van der Waals surface area (Å²) in [4.78, 5) is 9.05. The van der Waals surface area contributed by atoms with Crippen LogP contribution in [0.15, 0.2) is 30.7 Å². The highest BCUT2D eigenvalue weighted by atomic mass is 16.3. The Kier molecular flexibility index (Phi) is 5.73. The van der Waals surface area contributed by atoms with Crippen molar-refractivity contribution in [2.24, 2.45) is 5.92 Å². The number of fused-ring (bicyclic) bond motifs is 1. The molecule has 4 aromatic rings. The fourth-order valence-corrected chi connectivity index (χ4v) is 5.04. The average molecular weight is 485 g/mol. The van der Waals surface area contributed by atoms with Crippen molar-refractivity contribution in [3.63, 3.8) is 0 Å². The lowest BCUT2D eigenvalue weighted by atomic mass is 9.79. The predicted octanol–water partition coefficient (Wildman–Crippen LogP) is 3.08. The van der Waals surface area contributed by atoms with Crippen molar-refractivity contribution in [3.05, 3.63) is 42.0 Å². The number of pyridine rings is 2. The molecule has 2 aliphatic rings. The molecule has 0 saturated heterocycles. The van der Waals surface area contributed by atoms with E-state index in [1.807, 2.05) is 12.3 Å². The summed E-state index contributed by atoms with van der Waals surface area (Å²) in [5, 5.41) is 36.2. The van der Waals surface area contributed by atoms with Gasteiger partial charge in [-0.15, -0.1) is 5.10 Å². The molecule has 0 amide bonds. The van der Waals surface area contributed by atoms with Gasteiger partial charge in [-0.1, -0.05) is 5.21 Å². The molecule has 6 rings (SSSR count). The first-order valence-corrected chi connectivity index (χ1v) is 12.5. The number of aliphatic hydroxyl groups excluding tert-OH is 1. The van der Waals surface area contributed by atoms with E-state index in [1.165, 1.54) is 0 Å². The van der Waals surface area contributed by atoms with Crippen molar-refractivity contribution in [2.75, 3.05) is 17.7 Å². The average Bonchev–Trinajstić information content (AvgIpc) is 3.41. The van der Waals surface area contributed by atoms with Gasteiger partial charge in [0, 0.05) is 30.0 Å². The molecular weight excluding hydrogens is 456 g/mol. The molecule has 184 valence electrons. The van der Waals surface area contributed by atoms with E-state index in [-0.39, 0.29) is 12.4 Å². The maximum Gasteiger partial charge on any atom is 0.167 e. The van der Waals surface area contributed by atoms with Crippen LogP contribution in [0.1, 0.15) is 62.1 Å². The van der Waals surface area contributed by atoms with Crippen LogP contribution in [-0.4, -0.2) is 52.5 Å². The van der Waals surface area contributed by atoms with E-state index in [1.54, 1.807) is 27.8 Å². The van der Waals surface area contributed by atoms with E-state index in [2.05, 4.69) is 36.8 Å². The van der Waals surface area contributed by atoms with Crippen LogP contribution in [0.4, 0.5) is 11.5 Å². The quantitative estimate of drug-likeness (QED) is 0.358. The molecular formula is C25H28N10O. The van der Waals surface area contributed by atoms with E-state index in [0.717, 1.165) is 67.4 Å². The zero-order valence-corrected chi connectivity index (χ0v) is 19.9. The minimum Gasteiger partial charge on any atom is -0.396 e. The molecule has 0 aliphatic heterocycles. The van der Waals surface area contributed by atoms with Crippen LogP contribution in [0.5, 0.6) is 0 Å². The highest BCUT2D eigenvalue weighted by Gasteiger charge is 2.26. The summed E-state index contributed by atoms with van der Waals surface area (Å²) in [7, 11) is 0. The van der Waals surface area contributed by atoms with Crippen molar-refractivity contribution in [3.8, 4) is 17.6 Å². The van der Waals surface area contributed by atoms with Gasteiger partial charge in [0.25, 0.3) is 0 Å². The Hall–Kier alpha value is -4.04. The van der Waals surface area contributed by atoms with E-state index in [4.69, 9.17) is 5.73 Å². The Bertz CT molecular complexity index is 1440. The fraction of sp³-hybridized carbons (Fsp3) is 0.440. The second-order valence-electron chi connectivity index (χ2n) is 9.80. The molecule has 4 N–H and O–H groups in total. The summed E-state index contributed by atoms with van der Waals surface area (Å²) in [5.41, 5.74) is 9.56. The van der Waals surface area contributed by atoms with Crippen molar-refractivity contribution >= 4 is 22.5 Å². The monoisotopic (exact) mass is 484 g/mol. The van der Waals surface area contributed by atoms with Crippen LogP contribution in [0.2, 0.25) is 0 Å². The molecule has 0 radical (unpaired) electrons. The summed E-state index contributed by atoms with van der Waals surface area (Å²) in [6.07, 6.45) is 13.0. The molecule has 4 aromatic heterocycles. The number of nitrogen functional groups attached to an aromatic ring is 1. The zero-order chi connectivity index (χ0) is 24.6. The summed E-state index contributed by atoms with van der Waals surface area (Å²) >= 11 is 0. The summed E-state index contributed by atoms with van der Waals surface area (Å²) in [6.45, 7) is 0.268. The number of aliphatic hydroxyl groups is 1. The largest absolute Gasteiger partial charge is 0.396 e. The Balaban J connectivity index is 1.31. The lowest BCUT2D eigenvalue weighted by Crippen LogP contribution is -2.14. The minimum absolute atomic E-state index is 0.167. The van der Waals surface area contributed by atoms with Crippen LogP contribution in [0, 0.1) is 17.2 Å². The standard InChI is InChI=1S/C25H28N10O/c26-11-17-9-18-12-29-35(25(18)31-24(17)27)23-10-20(30-19-5-6-19)22(13-28-23)34-14-21(32-33-34)16-3-1-15(2-4-16)7-8-36/h9-10,12-16,19,36H,1-8H2,(H2,27,31)(H,28,30). The highest BCUT2D eigenvalue weighted by Crippen LogP contribution is 2.37. The molecule has 0 atom stereocenters. The third kappa shape index (κ3) is 4.24. The van der Waals surface area contributed by atoms with Crippen molar-refractivity contribution in [1.82, 2.24) is 34.7 Å². The predicted molar refractivity (Wildman–Crippen MR) is 134 cm³/mol. The molecule has 0 unspecified atom stereocenters. The van der Waals surface area contributed by atoms with Gasteiger partial charge in [0.2, 0.25) is 0 Å². The molecule has 11 heteroatoms. The van der Waals surface area contributed by atoms with Gasteiger partial charge in [-0.3, -0.25) is 0 Å². The summed E-state index contributed by atoms with van der Waals surface area (Å²) in [5.74, 6) is 1.77. The second-order valence-corrected chi connectivity index (χ2v) is 9.80. The number of rotatable bonds is 7. The number of aromatic nitrogens is 7. The Morgan fingerprint density at radius 3 is 2.72 bits per heavy atom. The maximum atomic E-state index is 9.24. The van der Waals surface area contributed by atoms with Crippen LogP contribution < -0.4 is 11.1 Å². The number of nitriles is 1. The van der Waals surface area contributed by atoms with Gasteiger partial charge < -0.3 is 16.2 Å². The normalized spacial score (nSPS) is 19.9. The van der Waals surface area contributed by atoms with Gasteiger partial charge in [0.1, 0.15) is 17.6 Å².